The lowest BCUT2D eigenvalue weighted by atomic mass is 9.49. The zero-order valence-corrected chi connectivity index (χ0v) is 29.9. The summed E-state index contributed by atoms with van der Waals surface area (Å²) in [5, 5.41) is 0. The molecular formula is C48H45N3O. The van der Waals surface area contributed by atoms with Crippen molar-refractivity contribution in [3.05, 3.63) is 125 Å². The monoisotopic (exact) mass is 679 g/mol. The van der Waals surface area contributed by atoms with E-state index in [1.54, 1.807) is 0 Å². The number of fused-ring (bicyclic) bond motifs is 11. The van der Waals surface area contributed by atoms with Crippen molar-refractivity contribution in [1.29, 1.82) is 0 Å². The normalized spacial score (nSPS) is 34.5. The first kappa shape index (κ1) is 29.2. The fraction of sp³-hybridized carbons (Fsp3) is 0.438. The second-order valence-corrected chi connectivity index (χ2v) is 18.7. The number of ether oxygens (including phenoxy) is 1. The maximum absolute atomic E-state index is 6.64. The predicted octanol–water partition coefficient (Wildman–Crippen LogP) is 10.9. The standard InChI is InChI=1S/C48H45N3O/c1-2-10-36-34(8-1)42-35(9-7-13-39(42)48(36)37-11-3-5-14-40(37)52-41-15-6-4-12-38(41)48)43-49-44(46-17-16-32-21-31(23-46)22-33(32)27-46)51-45(50-43)47-24-28-18-29(25-47)20-30(19-28)26-47/h1-15,28-33H,16-27H2/t28?,29?,30?,31-,32?,33?,46?,47?/m1/s1. The van der Waals surface area contributed by atoms with Gasteiger partial charge in [-0.15, -0.1) is 0 Å². The van der Waals surface area contributed by atoms with E-state index in [-0.39, 0.29) is 10.8 Å². The first-order valence-electron chi connectivity index (χ1n) is 20.5. The molecule has 258 valence electrons. The van der Waals surface area contributed by atoms with Crippen LogP contribution in [0.5, 0.6) is 11.5 Å². The summed E-state index contributed by atoms with van der Waals surface area (Å²) in [6.45, 7) is 0. The molecule has 1 aromatic heterocycles. The summed E-state index contributed by atoms with van der Waals surface area (Å²) in [5.74, 6) is 10.3. The highest BCUT2D eigenvalue weighted by atomic mass is 16.5. The van der Waals surface area contributed by atoms with Crippen LogP contribution in [-0.4, -0.2) is 15.0 Å². The molecule has 2 heterocycles. The summed E-state index contributed by atoms with van der Waals surface area (Å²) in [5.41, 5.74) is 8.48. The molecule has 0 N–H and O–H groups in total. The van der Waals surface area contributed by atoms with Crippen molar-refractivity contribution < 1.29 is 4.74 Å². The van der Waals surface area contributed by atoms with Crippen LogP contribution in [0.15, 0.2) is 91.0 Å². The van der Waals surface area contributed by atoms with Crippen LogP contribution in [0.25, 0.3) is 22.5 Å². The molecule has 0 amide bonds. The Morgan fingerprint density at radius 2 is 1.04 bits per heavy atom. The molecule has 5 aromatic rings. The van der Waals surface area contributed by atoms with Crippen molar-refractivity contribution >= 4 is 0 Å². The molecule has 0 radical (unpaired) electrons. The van der Waals surface area contributed by atoms with E-state index in [0.29, 0.717) is 0 Å². The Balaban J connectivity index is 1.07. The van der Waals surface area contributed by atoms with Crippen molar-refractivity contribution in [2.75, 3.05) is 0 Å². The molecule has 4 atom stereocenters. The number of rotatable bonds is 3. The molecule has 4 nitrogen and oxygen atoms in total. The van der Waals surface area contributed by atoms with Gasteiger partial charge in [-0.1, -0.05) is 78.9 Å². The highest BCUT2D eigenvalue weighted by Gasteiger charge is 2.57. The molecule has 9 aliphatic rings. The second-order valence-electron chi connectivity index (χ2n) is 18.7. The van der Waals surface area contributed by atoms with Gasteiger partial charge in [0, 0.05) is 27.5 Å². The smallest absolute Gasteiger partial charge is 0.164 e. The molecule has 1 aliphatic heterocycles. The third-order valence-electron chi connectivity index (χ3n) is 16.0. The van der Waals surface area contributed by atoms with Crippen molar-refractivity contribution in [1.82, 2.24) is 15.0 Å². The molecule has 0 saturated heterocycles. The van der Waals surface area contributed by atoms with Gasteiger partial charge in [-0.3, -0.25) is 0 Å². The summed E-state index contributed by atoms with van der Waals surface area (Å²) >= 11 is 0. The van der Waals surface area contributed by atoms with Crippen LogP contribution in [0, 0.1) is 35.5 Å². The minimum absolute atomic E-state index is 0.102. The van der Waals surface area contributed by atoms with Crippen LogP contribution in [0.1, 0.15) is 111 Å². The minimum atomic E-state index is -0.494. The van der Waals surface area contributed by atoms with Crippen LogP contribution in [-0.2, 0) is 16.2 Å². The van der Waals surface area contributed by atoms with Crippen LogP contribution < -0.4 is 4.74 Å². The molecular weight excluding hydrogens is 635 g/mol. The van der Waals surface area contributed by atoms with Crippen LogP contribution in [0.4, 0.5) is 0 Å². The Morgan fingerprint density at radius 1 is 0.481 bits per heavy atom. The molecule has 1 spiro atoms. The Kier molecular flexibility index (Phi) is 5.62. The summed E-state index contributed by atoms with van der Waals surface area (Å²) in [6, 6.07) is 33.5. The van der Waals surface area contributed by atoms with Crippen molar-refractivity contribution in [3.63, 3.8) is 0 Å². The van der Waals surface area contributed by atoms with E-state index < -0.39 is 5.41 Å². The van der Waals surface area contributed by atoms with E-state index >= 15 is 0 Å². The fourth-order valence-electron chi connectivity index (χ4n) is 14.7. The second kappa shape index (κ2) is 10.0. The van der Waals surface area contributed by atoms with Gasteiger partial charge in [0.25, 0.3) is 0 Å². The van der Waals surface area contributed by atoms with Crippen LogP contribution >= 0.6 is 0 Å². The lowest BCUT2D eigenvalue weighted by molar-refractivity contribution is -0.00987. The van der Waals surface area contributed by atoms with Crippen molar-refractivity contribution in [3.8, 4) is 34.0 Å². The number of nitrogens with zero attached hydrogens (tertiary/aromatic N) is 3. The fourth-order valence-corrected chi connectivity index (χ4v) is 14.7. The van der Waals surface area contributed by atoms with E-state index in [1.165, 1.54) is 116 Å². The average Bonchev–Trinajstić information content (AvgIpc) is 3.58. The first-order valence-corrected chi connectivity index (χ1v) is 20.5. The minimum Gasteiger partial charge on any atom is -0.457 e. The first-order chi connectivity index (χ1) is 25.6. The van der Waals surface area contributed by atoms with Crippen molar-refractivity contribution in [2.24, 2.45) is 35.5 Å². The molecule has 7 bridgehead atoms. The highest BCUT2D eigenvalue weighted by molar-refractivity contribution is 5.95. The third-order valence-corrected chi connectivity index (χ3v) is 16.0. The Hall–Kier alpha value is -4.31. The zero-order valence-electron chi connectivity index (χ0n) is 29.9. The lowest BCUT2D eigenvalue weighted by Crippen LogP contribution is -2.50. The summed E-state index contributed by atoms with van der Waals surface area (Å²) < 4.78 is 6.64. The van der Waals surface area contributed by atoms with E-state index in [2.05, 4.69) is 91.0 Å². The quantitative estimate of drug-likeness (QED) is 0.186. The third kappa shape index (κ3) is 3.67. The largest absolute Gasteiger partial charge is 0.457 e. The molecule has 7 saturated carbocycles. The average molecular weight is 680 g/mol. The van der Waals surface area contributed by atoms with Crippen LogP contribution in [0.2, 0.25) is 0 Å². The lowest BCUT2D eigenvalue weighted by Gasteiger charge is -2.56. The SMILES string of the molecule is c1ccc2c(c1)Oc1ccccc1C21c2ccccc2-c2c(-c3nc(C45CC6CC(CC(C6)C4)C5)nc(C45CCC6C[C@H](CC6C4)C5)n3)cccc21. The highest BCUT2D eigenvalue weighted by Crippen LogP contribution is 2.65. The van der Waals surface area contributed by atoms with E-state index in [9.17, 15) is 0 Å². The van der Waals surface area contributed by atoms with Gasteiger partial charge in [0.1, 0.15) is 23.1 Å². The summed E-state index contributed by atoms with van der Waals surface area (Å²) in [4.78, 5) is 17.3. The van der Waals surface area contributed by atoms with Gasteiger partial charge in [0.05, 0.1) is 5.41 Å². The van der Waals surface area contributed by atoms with Gasteiger partial charge in [0.2, 0.25) is 0 Å². The predicted molar refractivity (Wildman–Crippen MR) is 202 cm³/mol. The number of benzene rings is 4. The maximum atomic E-state index is 6.64. The summed E-state index contributed by atoms with van der Waals surface area (Å²) in [7, 11) is 0. The molecule has 8 aliphatic carbocycles. The maximum Gasteiger partial charge on any atom is 0.164 e. The molecule has 52 heavy (non-hydrogen) atoms. The van der Waals surface area contributed by atoms with Gasteiger partial charge < -0.3 is 4.74 Å². The number of hydrogen-bond acceptors (Lipinski definition) is 4. The molecule has 4 heteroatoms. The Labute approximate surface area is 306 Å². The molecule has 4 aromatic carbocycles. The van der Waals surface area contributed by atoms with E-state index in [0.717, 1.165) is 64.5 Å². The molecule has 14 rings (SSSR count). The van der Waals surface area contributed by atoms with Gasteiger partial charge in [0.15, 0.2) is 5.82 Å². The Bertz CT molecular complexity index is 2240. The van der Waals surface area contributed by atoms with E-state index in [4.69, 9.17) is 19.7 Å². The zero-order chi connectivity index (χ0) is 33.8. The van der Waals surface area contributed by atoms with E-state index in [1.807, 2.05) is 0 Å². The topological polar surface area (TPSA) is 47.9 Å². The summed E-state index contributed by atoms with van der Waals surface area (Å²) in [6.07, 6.45) is 16.1. The number of para-hydroxylation sites is 2. The van der Waals surface area contributed by atoms with Crippen molar-refractivity contribution in [2.45, 2.75) is 93.3 Å². The van der Waals surface area contributed by atoms with Gasteiger partial charge in [-0.05, 0) is 147 Å². The van der Waals surface area contributed by atoms with Gasteiger partial charge in [-0.25, -0.2) is 15.0 Å². The molecule has 7 fully saturated rings. The number of aromatic nitrogens is 3. The Morgan fingerprint density at radius 3 is 1.77 bits per heavy atom. The molecule has 3 unspecified atom stereocenters. The number of hydrogen-bond donors (Lipinski definition) is 0. The van der Waals surface area contributed by atoms with Gasteiger partial charge in [-0.2, -0.15) is 0 Å². The van der Waals surface area contributed by atoms with Crippen LogP contribution in [0.3, 0.4) is 0 Å². The van der Waals surface area contributed by atoms with Gasteiger partial charge >= 0.3 is 0 Å².